The second-order valence-electron chi connectivity index (χ2n) is 4.64. The second kappa shape index (κ2) is 5.09. The van der Waals surface area contributed by atoms with E-state index in [-0.39, 0.29) is 5.97 Å². The molecular weight excluding hydrogens is 236 g/mol. The Hall–Kier alpha value is -1.02. The first-order valence-corrected chi connectivity index (χ1v) is 6.41. The van der Waals surface area contributed by atoms with Gasteiger partial charge >= 0.3 is 5.97 Å². The Bertz CT molecular complexity index is 408. The zero-order chi connectivity index (χ0) is 12.3. The van der Waals surface area contributed by atoms with Crippen LogP contribution in [0.2, 0.25) is 5.02 Å². The quantitative estimate of drug-likeness (QED) is 0.750. The van der Waals surface area contributed by atoms with Crippen LogP contribution in [-0.2, 0) is 14.9 Å². The first-order chi connectivity index (χ1) is 8.19. The molecule has 0 radical (unpaired) electrons. The van der Waals surface area contributed by atoms with Crippen molar-refractivity contribution in [3.05, 3.63) is 34.9 Å². The van der Waals surface area contributed by atoms with Gasteiger partial charge in [-0.1, -0.05) is 43.0 Å². The Morgan fingerprint density at radius 3 is 2.59 bits per heavy atom. The van der Waals surface area contributed by atoms with E-state index in [0.717, 1.165) is 31.2 Å². The third-order valence-corrected chi connectivity index (χ3v) is 3.90. The van der Waals surface area contributed by atoms with E-state index in [0.29, 0.717) is 5.02 Å². The van der Waals surface area contributed by atoms with Gasteiger partial charge in [-0.15, -0.1) is 0 Å². The summed E-state index contributed by atoms with van der Waals surface area (Å²) < 4.78 is 5.01. The number of hydrogen-bond acceptors (Lipinski definition) is 2. The minimum absolute atomic E-state index is 0.125. The van der Waals surface area contributed by atoms with E-state index in [9.17, 15) is 4.79 Å². The highest BCUT2D eigenvalue weighted by molar-refractivity contribution is 6.30. The van der Waals surface area contributed by atoms with Crippen molar-refractivity contribution >= 4 is 17.6 Å². The SMILES string of the molecule is COC(=O)C1(c2cccc(Cl)c2)CCCCC1. The Morgan fingerprint density at radius 1 is 1.29 bits per heavy atom. The van der Waals surface area contributed by atoms with E-state index in [1.165, 1.54) is 13.5 Å². The molecule has 0 amide bonds. The molecule has 1 aromatic rings. The number of methoxy groups -OCH3 is 1. The monoisotopic (exact) mass is 252 g/mol. The summed E-state index contributed by atoms with van der Waals surface area (Å²) in [4.78, 5) is 12.1. The number of hydrogen-bond donors (Lipinski definition) is 0. The summed E-state index contributed by atoms with van der Waals surface area (Å²) in [6.07, 6.45) is 5.06. The summed E-state index contributed by atoms with van der Waals surface area (Å²) in [6, 6.07) is 7.60. The normalized spacial score (nSPS) is 18.7. The van der Waals surface area contributed by atoms with Gasteiger partial charge in [0.05, 0.1) is 12.5 Å². The molecule has 3 heteroatoms. The molecule has 0 aliphatic heterocycles. The molecule has 0 saturated heterocycles. The summed E-state index contributed by atoms with van der Waals surface area (Å²) in [5.41, 5.74) is 0.523. The van der Waals surface area contributed by atoms with Gasteiger partial charge in [-0.2, -0.15) is 0 Å². The molecule has 2 rings (SSSR count). The van der Waals surface area contributed by atoms with Crippen molar-refractivity contribution < 1.29 is 9.53 Å². The predicted molar refractivity (Wildman–Crippen MR) is 68.2 cm³/mol. The molecule has 0 aromatic heterocycles. The van der Waals surface area contributed by atoms with Crippen LogP contribution in [0.1, 0.15) is 37.7 Å². The Balaban J connectivity index is 2.42. The molecule has 0 bridgehead atoms. The number of carbonyl (C=O) groups excluding carboxylic acids is 1. The van der Waals surface area contributed by atoms with Crippen molar-refractivity contribution in [1.29, 1.82) is 0 Å². The van der Waals surface area contributed by atoms with Gasteiger partial charge in [0.15, 0.2) is 0 Å². The Labute approximate surface area is 107 Å². The van der Waals surface area contributed by atoms with E-state index in [1.807, 2.05) is 24.3 Å². The largest absolute Gasteiger partial charge is 0.468 e. The zero-order valence-corrected chi connectivity index (χ0v) is 10.8. The van der Waals surface area contributed by atoms with Crippen molar-refractivity contribution in [2.45, 2.75) is 37.5 Å². The number of carbonyl (C=O) groups is 1. The molecule has 92 valence electrons. The fourth-order valence-electron chi connectivity index (χ4n) is 2.75. The van der Waals surface area contributed by atoms with Crippen LogP contribution in [0.5, 0.6) is 0 Å². The summed E-state index contributed by atoms with van der Waals surface area (Å²) in [5.74, 6) is -0.125. The summed E-state index contributed by atoms with van der Waals surface area (Å²) >= 11 is 6.02. The molecule has 0 N–H and O–H groups in total. The second-order valence-corrected chi connectivity index (χ2v) is 5.08. The van der Waals surface area contributed by atoms with Crippen molar-refractivity contribution in [3.63, 3.8) is 0 Å². The molecule has 1 aliphatic rings. The molecular formula is C14H17ClO2. The highest BCUT2D eigenvalue weighted by Gasteiger charge is 2.42. The van der Waals surface area contributed by atoms with Gasteiger partial charge in [-0.05, 0) is 30.5 Å². The van der Waals surface area contributed by atoms with Crippen LogP contribution >= 0.6 is 11.6 Å². The average molecular weight is 253 g/mol. The fourth-order valence-corrected chi connectivity index (χ4v) is 2.94. The third-order valence-electron chi connectivity index (χ3n) is 3.66. The molecule has 1 aromatic carbocycles. The lowest BCUT2D eigenvalue weighted by Crippen LogP contribution is -2.38. The number of benzene rings is 1. The van der Waals surface area contributed by atoms with Crippen LogP contribution < -0.4 is 0 Å². The van der Waals surface area contributed by atoms with E-state index in [1.54, 1.807) is 0 Å². The number of halogens is 1. The van der Waals surface area contributed by atoms with Crippen LogP contribution in [-0.4, -0.2) is 13.1 Å². The molecule has 0 unspecified atom stereocenters. The smallest absolute Gasteiger partial charge is 0.316 e. The number of esters is 1. The highest BCUT2D eigenvalue weighted by Crippen LogP contribution is 2.41. The first-order valence-electron chi connectivity index (χ1n) is 6.03. The highest BCUT2D eigenvalue weighted by atomic mass is 35.5. The van der Waals surface area contributed by atoms with Gasteiger partial charge in [0.25, 0.3) is 0 Å². The number of rotatable bonds is 2. The molecule has 17 heavy (non-hydrogen) atoms. The minimum atomic E-state index is -0.474. The van der Waals surface area contributed by atoms with Gasteiger partial charge in [0.2, 0.25) is 0 Å². The first kappa shape index (κ1) is 12.4. The lowest BCUT2D eigenvalue weighted by molar-refractivity contribution is -0.149. The van der Waals surface area contributed by atoms with Gasteiger partial charge in [0, 0.05) is 5.02 Å². The van der Waals surface area contributed by atoms with Crippen LogP contribution in [0.15, 0.2) is 24.3 Å². The van der Waals surface area contributed by atoms with Gasteiger partial charge < -0.3 is 4.74 Å². The van der Waals surface area contributed by atoms with Crippen molar-refractivity contribution in [2.75, 3.05) is 7.11 Å². The Kier molecular flexibility index (Phi) is 3.72. The van der Waals surface area contributed by atoms with Crippen LogP contribution in [0, 0.1) is 0 Å². The third kappa shape index (κ3) is 2.32. The molecule has 0 spiro atoms. The van der Waals surface area contributed by atoms with Crippen molar-refractivity contribution in [3.8, 4) is 0 Å². The van der Waals surface area contributed by atoms with E-state index in [2.05, 4.69) is 0 Å². The van der Waals surface area contributed by atoms with Gasteiger partial charge in [-0.25, -0.2) is 0 Å². The van der Waals surface area contributed by atoms with Crippen LogP contribution in [0.3, 0.4) is 0 Å². The summed E-state index contributed by atoms with van der Waals surface area (Å²) in [7, 11) is 1.46. The Morgan fingerprint density at radius 2 is 2.00 bits per heavy atom. The van der Waals surface area contributed by atoms with Gasteiger partial charge in [0.1, 0.15) is 0 Å². The predicted octanol–water partition coefficient (Wildman–Crippen LogP) is 3.71. The fraction of sp³-hybridized carbons (Fsp3) is 0.500. The maximum Gasteiger partial charge on any atom is 0.316 e. The molecule has 1 saturated carbocycles. The standard InChI is InChI=1S/C14H17ClO2/c1-17-13(16)14(8-3-2-4-9-14)11-6-5-7-12(15)10-11/h5-7,10H,2-4,8-9H2,1H3. The van der Waals surface area contributed by atoms with Crippen molar-refractivity contribution in [2.24, 2.45) is 0 Å². The molecule has 0 heterocycles. The van der Waals surface area contributed by atoms with E-state index in [4.69, 9.17) is 16.3 Å². The van der Waals surface area contributed by atoms with Crippen LogP contribution in [0.4, 0.5) is 0 Å². The topological polar surface area (TPSA) is 26.3 Å². The lowest BCUT2D eigenvalue weighted by Gasteiger charge is -2.35. The van der Waals surface area contributed by atoms with E-state index < -0.39 is 5.41 Å². The van der Waals surface area contributed by atoms with E-state index >= 15 is 0 Å². The molecule has 1 aliphatic carbocycles. The van der Waals surface area contributed by atoms with Gasteiger partial charge in [-0.3, -0.25) is 4.79 Å². The zero-order valence-electron chi connectivity index (χ0n) is 10.0. The summed E-state index contributed by atoms with van der Waals surface area (Å²) in [5, 5.41) is 0.677. The molecule has 2 nitrogen and oxygen atoms in total. The average Bonchev–Trinajstić information content (AvgIpc) is 2.38. The van der Waals surface area contributed by atoms with Crippen molar-refractivity contribution in [1.82, 2.24) is 0 Å². The lowest BCUT2D eigenvalue weighted by atomic mass is 9.69. The number of ether oxygens (including phenoxy) is 1. The van der Waals surface area contributed by atoms with Crippen LogP contribution in [0.25, 0.3) is 0 Å². The maximum absolute atomic E-state index is 12.1. The molecule has 1 fully saturated rings. The molecule has 0 atom stereocenters. The maximum atomic E-state index is 12.1. The summed E-state index contributed by atoms with van der Waals surface area (Å²) in [6.45, 7) is 0. The minimum Gasteiger partial charge on any atom is -0.468 e.